The first-order valence-corrected chi connectivity index (χ1v) is 9.78. The van der Waals surface area contributed by atoms with Gasteiger partial charge < -0.3 is 5.32 Å². The zero-order valence-electron chi connectivity index (χ0n) is 15.0. The first kappa shape index (κ1) is 17.0. The lowest BCUT2D eigenvalue weighted by atomic mass is 9.90. The van der Waals surface area contributed by atoms with Gasteiger partial charge in [-0.3, -0.25) is 20.5 Å². The molecule has 1 aromatic carbocycles. The molecule has 1 aromatic rings. The average Bonchev–Trinajstić information content (AvgIpc) is 3.24. The molecule has 2 atom stereocenters. The number of hydrazine groups is 1. The van der Waals surface area contributed by atoms with Crippen LogP contribution in [0.25, 0.3) is 0 Å². The first-order chi connectivity index (χ1) is 12.3. The van der Waals surface area contributed by atoms with E-state index in [1.165, 1.54) is 37.7 Å². The van der Waals surface area contributed by atoms with Crippen LogP contribution in [0.2, 0.25) is 0 Å². The predicted octanol–water partition coefficient (Wildman–Crippen LogP) is 1.41. The van der Waals surface area contributed by atoms with Gasteiger partial charge >= 0.3 is 0 Å². The second-order valence-electron chi connectivity index (χ2n) is 8.03. The van der Waals surface area contributed by atoms with E-state index in [9.17, 15) is 4.79 Å². The Labute approximate surface area is 150 Å². The van der Waals surface area contributed by atoms with Crippen LogP contribution in [-0.4, -0.2) is 49.6 Å². The Kier molecular flexibility index (Phi) is 5.06. The quantitative estimate of drug-likeness (QED) is 0.732. The number of benzene rings is 1. The summed E-state index contributed by atoms with van der Waals surface area (Å²) in [4.78, 5) is 14.8. The summed E-state index contributed by atoms with van der Waals surface area (Å²) < 4.78 is 0. The van der Waals surface area contributed by atoms with Crippen LogP contribution in [0.15, 0.2) is 30.3 Å². The number of piperidine rings is 1. The molecule has 3 fully saturated rings. The maximum absolute atomic E-state index is 12.5. The van der Waals surface area contributed by atoms with Crippen LogP contribution in [0, 0.1) is 5.92 Å². The zero-order valence-corrected chi connectivity index (χ0v) is 15.0. The summed E-state index contributed by atoms with van der Waals surface area (Å²) in [6.07, 6.45) is 6.04. The molecule has 5 nitrogen and oxygen atoms in total. The van der Waals surface area contributed by atoms with Crippen LogP contribution >= 0.6 is 0 Å². The average molecular weight is 342 g/mol. The number of hydrogen-bond acceptors (Lipinski definition) is 4. The summed E-state index contributed by atoms with van der Waals surface area (Å²) in [6.45, 7) is 4.47. The van der Waals surface area contributed by atoms with Crippen LogP contribution in [0.5, 0.6) is 0 Å². The van der Waals surface area contributed by atoms with Gasteiger partial charge in [-0.15, -0.1) is 0 Å². The number of amides is 1. The summed E-state index contributed by atoms with van der Waals surface area (Å²) in [6, 6.07) is 11.2. The molecule has 3 aliphatic rings. The summed E-state index contributed by atoms with van der Waals surface area (Å²) >= 11 is 0. The van der Waals surface area contributed by atoms with Gasteiger partial charge in [-0.2, -0.15) is 0 Å². The highest BCUT2D eigenvalue weighted by Gasteiger charge is 2.44. The fourth-order valence-electron chi connectivity index (χ4n) is 4.46. The molecular weight excluding hydrogens is 312 g/mol. The van der Waals surface area contributed by atoms with Crippen molar-refractivity contribution < 1.29 is 4.79 Å². The highest BCUT2D eigenvalue weighted by Crippen LogP contribution is 2.47. The third kappa shape index (κ3) is 4.05. The number of likely N-dealkylation sites (tertiary alicyclic amines) is 1. The number of nitrogens with one attached hydrogen (secondary N) is 3. The minimum absolute atomic E-state index is 0.181. The molecule has 2 unspecified atom stereocenters. The molecule has 0 radical (unpaired) electrons. The van der Waals surface area contributed by atoms with Crippen molar-refractivity contribution in [2.45, 2.75) is 43.6 Å². The van der Waals surface area contributed by atoms with Crippen molar-refractivity contribution in [1.82, 2.24) is 21.1 Å². The van der Waals surface area contributed by atoms with Gasteiger partial charge in [-0.1, -0.05) is 30.3 Å². The van der Waals surface area contributed by atoms with Gasteiger partial charge in [-0.25, -0.2) is 0 Å². The molecule has 0 spiro atoms. The van der Waals surface area contributed by atoms with E-state index in [2.05, 4.69) is 51.4 Å². The third-order valence-corrected chi connectivity index (χ3v) is 6.21. The van der Waals surface area contributed by atoms with Gasteiger partial charge in [0.05, 0.1) is 6.54 Å². The zero-order chi connectivity index (χ0) is 17.1. The molecule has 3 N–H and O–H groups in total. The number of nitrogens with zero attached hydrogens (tertiary/aromatic N) is 1. The van der Waals surface area contributed by atoms with Crippen LogP contribution in [0.4, 0.5) is 0 Å². The molecule has 136 valence electrons. The molecule has 2 saturated heterocycles. The molecule has 1 amide bonds. The fraction of sp³-hybridized carbons (Fsp3) is 0.650. The van der Waals surface area contributed by atoms with Gasteiger partial charge in [0.25, 0.3) is 0 Å². The van der Waals surface area contributed by atoms with E-state index in [1.54, 1.807) is 0 Å². The second-order valence-corrected chi connectivity index (χ2v) is 8.03. The Bertz CT molecular complexity index is 581. The summed E-state index contributed by atoms with van der Waals surface area (Å²) in [5, 5.41) is 3.21. The molecular formula is C20H30N4O. The van der Waals surface area contributed by atoms with Crippen LogP contribution < -0.4 is 16.2 Å². The van der Waals surface area contributed by atoms with E-state index < -0.39 is 0 Å². The summed E-state index contributed by atoms with van der Waals surface area (Å²) in [5.74, 6) is 0.844. The van der Waals surface area contributed by atoms with E-state index in [-0.39, 0.29) is 11.3 Å². The van der Waals surface area contributed by atoms with Crippen molar-refractivity contribution in [3.8, 4) is 0 Å². The molecule has 25 heavy (non-hydrogen) atoms. The van der Waals surface area contributed by atoms with Crippen molar-refractivity contribution in [2.24, 2.45) is 5.92 Å². The minimum atomic E-state index is 0.181. The molecule has 2 heterocycles. The molecule has 2 aliphatic heterocycles. The lowest BCUT2D eigenvalue weighted by molar-refractivity contribution is -0.122. The van der Waals surface area contributed by atoms with Crippen molar-refractivity contribution >= 4 is 5.91 Å². The Balaban J connectivity index is 1.25. The van der Waals surface area contributed by atoms with Crippen LogP contribution in [-0.2, 0) is 10.2 Å². The maximum Gasteiger partial charge on any atom is 0.234 e. The van der Waals surface area contributed by atoms with Gasteiger partial charge in [0.2, 0.25) is 5.91 Å². The number of rotatable bonds is 6. The highest BCUT2D eigenvalue weighted by molar-refractivity contribution is 5.78. The molecule has 1 saturated carbocycles. The van der Waals surface area contributed by atoms with Crippen molar-refractivity contribution in [1.29, 1.82) is 0 Å². The van der Waals surface area contributed by atoms with Gasteiger partial charge in [0.15, 0.2) is 0 Å². The first-order valence-electron chi connectivity index (χ1n) is 9.78. The minimum Gasteiger partial charge on any atom is -0.354 e. The predicted molar refractivity (Wildman–Crippen MR) is 99.1 cm³/mol. The number of carbonyl (C=O) groups excluding carboxylic acids is 1. The highest BCUT2D eigenvalue weighted by atomic mass is 16.2. The fourth-order valence-corrected chi connectivity index (χ4v) is 4.46. The lowest BCUT2D eigenvalue weighted by Crippen LogP contribution is -2.48. The smallest absolute Gasteiger partial charge is 0.234 e. The number of hydrogen-bond donors (Lipinski definition) is 3. The Morgan fingerprint density at radius 3 is 2.80 bits per heavy atom. The third-order valence-electron chi connectivity index (χ3n) is 6.21. The standard InChI is InChI=1S/C20H30N4O/c25-19(21-15-20(9-10-20)17-6-2-1-3-7-17)14-24-12-4-5-16(13-24)18-8-11-22-23-18/h1-3,6-7,16,18,22-23H,4-5,8-15H2,(H,21,25). The lowest BCUT2D eigenvalue weighted by Gasteiger charge is -2.35. The van der Waals surface area contributed by atoms with Crippen molar-refractivity contribution in [3.05, 3.63) is 35.9 Å². The molecule has 1 aliphatic carbocycles. The van der Waals surface area contributed by atoms with Crippen molar-refractivity contribution in [3.63, 3.8) is 0 Å². The van der Waals surface area contributed by atoms with E-state index in [0.717, 1.165) is 26.2 Å². The monoisotopic (exact) mass is 342 g/mol. The van der Waals surface area contributed by atoms with Gasteiger partial charge in [0, 0.05) is 31.1 Å². The van der Waals surface area contributed by atoms with E-state index in [4.69, 9.17) is 0 Å². The SMILES string of the molecule is O=C(CN1CCCC(C2CCNN2)C1)NCC1(c2ccccc2)CC1. The van der Waals surface area contributed by atoms with E-state index in [1.807, 2.05) is 0 Å². The Morgan fingerprint density at radius 2 is 2.08 bits per heavy atom. The van der Waals surface area contributed by atoms with Crippen LogP contribution in [0.3, 0.4) is 0 Å². The molecule has 0 aromatic heterocycles. The molecule has 4 rings (SSSR count). The second kappa shape index (κ2) is 7.44. The van der Waals surface area contributed by atoms with E-state index >= 15 is 0 Å². The normalized spacial score (nSPS) is 28.6. The Hall–Kier alpha value is -1.43. The topological polar surface area (TPSA) is 56.4 Å². The van der Waals surface area contributed by atoms with Gasteiger partial charge in [0.1, 0.15) is 0 Å². The van der Waals surface area contributed by atoms with Crippen LogP contribution in [0.1, 0.15) is 37.7 Å². The van der Waals surface area contributed by atoms with Gasteiger partial charge in [-0.05, 0) is 50.1 Å². The Morgan fingerprint density at radius 1 is 1.24 bits per heavy atom. The largest absolute Gasteiger partial charge is 0.354 e. The van der Waals surface area contributed by atoms with E-state index in [0.29, 0.717) is 18.5 Å². The molecule has 5 heteroatoms. The van der Waals surface area contributed by atoms with Crippen molar-refractivity contribution in [2.75, 3.05) is 32.7 Å². The molecule has 0 bridgehead atoms. The maximum atomic E-state index is 12.5. The number of carbonyl (C=O) groups is 1. The summed E-state index contributed by atoms with van der Waals surface area (Å²) in [7, 11) is 0. The summed E-state index contributed by atoms with van der Waals surface area (Å²) in [5.41, 5.74) is 8.20.